The van der Waals surface area contributed by atoms with Crippen LogP contribution in [0.2, 0.25) is 0 Å². The van der Waals surface area contributed by atoms with Crippen LogP contribution in [0.4, 0.5) is 5.13 Å². The average molecular weight is 406 g/mol. The number of hydrogen-bond donors (Lipinski definition) is 0. The van der Waals surface area contributed by atoms with E-state index in [0.717, 1.165) is 21.5 Å². The van der Waals surface area contributed by atoms with E-state index in [1.807, 2.05) is 32.0 Å². The molecule has 148 valence electrons. The first-order valence-corrected chi connectivity index (χ1v) is 10.4. The number of carbonyl (C=O) groups is 1. The summed E-state index contributed by atoms with van der Waals surface area (Å²) in [6.45, 7) is 8.51. The standard InChI is InChI=1S/C22H23N5OS/c1-14(2)27-18(10-12-24-27)21(28)26(13-17-7-5-6-11-23-17)22-25-20-16(4)15(3)8-9-19(20)29-22/h5-12,14H,13H2,1-4H3. The van der Waals surface area contributed by atoms with E-state index in [4.69, 9.17) is 4.98 Å². The molecule has 0 saturated carbocycles. The van der Waals surface area contributed by atoms with Gasteiger partial charge in [-0.1, -0.05) is 23.5 Å². The zero-order chi connectivity index (χ0) is 20.5. The Hall–Kier alpha value is -3.06. The number of hydrogen-bond acceptors (Lipinski definition) is 5. The van der Waals surface area contributed by atoms with Gasteiger partial charge < -0.3 is 0 Å². The van der Waals surface area contributed by atoms with Crippen molar-refractivity contribution >= 4 is 32.6 Å². The van der Waals surface area contributed by atoms with Crippen LogP contribution in [-0.2, 0) is 6.54 Å². The van der Waals surface area contributed by atoms with Gasteiger partial charge in [-0.2, -0.15) is 5.10 Å². The molecule has 0 aliphatic carbocycles. The van der Waals surface area contributed by atoms with Crippen molar-refractivity contribution in [3.63, 3.8) is 0 Å². The Morgan fingerprint density at radius 2 is 1.97 bits per heavy atom. The maximum atomic E-state index is 13.6. The zero-order valence-electron chi connectivity index (χ0n) is 17.0. The minimum atomic E-state index is -0.129. The number of benzene rings is 1. The van der Waals surface area contributed by atoms with E-state index in [1.165, 1.54) is 16.9 Å². The van der Waals surface area contributed by atoms with Crippen molar-refractivity contribution in [2.24, 2.45) is 0 Å². The van der Waals surface area contributed by atoms with E-state index in [-0.39, 0.29) is 11.9 Å². The number of anilines is 1. The van der Waals surface area contributed by atoms with Gasteiger partial charge in [-0.25, -0.2) is 4.98 Å². The summed E-state index contributed by atoms with van der Waals surface area (Å²) >= 11 is 1.52. The van der Waals surface area contributed by atoms with E-state index in [0.29, 0.717) is 17.4 Å². The van der Waals surface area contributed by atoms with Gasteiger partial charge in [0.2, 0.25) is 0 Å². The fourth-order valence-corrected chi connectivity index (χ4v) is 4.27. The summed E-state index contributed by atoms with van der Waals surface area (Å²) in [4.78, 5) is 24.5. The molecule has 0 radical (unpaired) electrons. The predicted molar refractivity (Wildman–Crippen MR) is 116 cm³/mol. The molecule has 1 amide bonds. The number of pyridine rings is 1. The van der Waals surface area contributed by atoms with Gasteiger partial charge >= 0.3 is 0 Å². The van der Waals surface area contributed by atoms with Crippen LogP contribution >= 0.6 is 11.3 Å². The van der Waals surface area contributed by atoms with Gasteiger partial charge in [0.05, 0.1) is 22.5 Å². The molecule has 0 unspecified atom stereocenters. The highest BCUT2D eigenvalue weighted by molar-refractivity contribution is 7.22. The Kier molecular flexibility index (Phi) is 5.15. The smallest absolute Gasteiger partial charge is 0.277 e. The number of aryl methyl sites for hydroxylation is 2. The van der Waals surface area contributed by atoms with Crippen molar-refractivity contribution in [1.29, 1.82) is 0 Å². The molecule has 0 atom stereocenters. The molecule has 1 aromatic carbocycles. The molecule has 3 heterocycles. The van der Waals surface area contributed by atoms with Crippen LogP contribution in [0, 0.1) is 13.8 Å². The Balaban J connectivity index is 1.81. The Morgan fingerprint density at radius 3 is 2.69 bits per heavy atom. The Labute approximate surface area is 173 Å². The van der Waals surface area contributed by atoms with Gasteiger partial charge in [0.1, 0.15) is 5.69 Å². The van der Waals surface area contributed by atoms with Gasteiger partial charge in [-0.15, -0.1) is 0 Å². The molecule has 0 fully saturated rings. The Bertz CT molecular complexity index is 1160. The molecule has 0 aliphatic rings. The maximum absolute atomic E-state index is 13.6. The van der Waals surface area contributed by atoms with Crippen LogP contribution in [-0.4, -0.2) is 25.7 Å². The quantitative estimate of drug-likeness (QED) is 0.472. The van der Waals surface area contributed by atoms with Gasteiger partial charge in [0.15, 0.2) is 5.13 Å². The van der Waals surface area contributed by atoms with Crippen molar-refractivity contribution in [3.05, 3.63) is 71.3 Å². The minimum Gasteiger partial charge on any atom is -0.277 e. The van der Waals surface area contributed by atoms with E-state index in [9.17, 15) is 4.79 Å². The number of amides is 1. The number of aromatic nitrogens is 4. The molecule has 0 saturated heterocycles. The second kappa shape index (κ2) is 7.75. The maximum Gasteiger partial charge on any atom is 0.278 e. The van der Waals surface area contributed by atoms with Crippen molar-refractivity contribution in [3.8, 4) is 0 Å². The summed E-state index contributed by atoms with van der Waals surface area (Å²) in [6, 6.07) is 11.7. The van der Waals surface area contributed by atoms with E-state index < -0.39 is 0 Å². The van der Waals surface area contributed by atoms with Crippen molar-refractivity contribution in [1.82, 2.24) is 19.7 Å². The van der Waals surface area contributed by atoms with Crippen LogP contribution in [0.15, 0.2) is 48.8 Å². The van der Waals surface area contributed by atoms with Crippen molar-refractivity contribution in [2.75, 3.05) is 4.90 Å². The zero-order valence-corrected chi connectivity index (χ0v) is 17.8. The lowest BCUT2D eigenvalue weighted by Gasteiger charge is -2.21. The normalized spacial score (nSPS) is 11.3. The van der Waals surface area contributed by atoms with Crippen LogP contribution < -0.4 is 4.90 Å². The molecule has 0 aliphatic heterocycles. The summed E-state index contributed by atoms with van der Waals surface area (Å²) in [5.41, 5.74) is 4.63. The third kappa shape index (κ3) is 3.65. The molecular formula is C22H23N5OS. The van der Waals surface area contributed by atoms with Crippen LogP contribution in [0.25, 0.3) is 10.2 Å². The SMILES string of the molecule is Cc1ccc2sc(N(Cc3ccccn3)C(=O)c3ccnn3C(C)C)nc2c1C. The van der Waals surface area contributed by atoms with Gasteiger partial charge in [0.25, 0.3) is 5.91 Å². The first-order valence-electron chi connectivity index (χ1n) is 9.57. The number of thiazole rings is 1. The lowest BCUT2D eigenvalue weighted by molar-refractivity contribution is 0.0972. The predicted octanol–water partition coefficient (Wildman–Crippen LogP) is 4.93. The molecule has 6 nitrogen and oxygen atoms in total. The molecule has 0 N–H and O–H groups in total. The summed E-state index contributed by atoms with van der Waals surface area (Å²) < 4.78 is 2.82. The highest BCUT2D eigenvalue weighted by atomic mass is 32.1. The third-order valence-electron chi connectivity index (χ3n) is 4.97. The topological polar surface area (TPSA) is 63.9 Å². The van der Waals surface area contributed by atoms with Crippen LogP contribution in [0.5, 0.6) is 0 Å². The molecule has 4 rings (SSSR count). The van der Waals surface area contributed by atoms with E-state index >= 15 is 0 Å². The fraction of sp³-hybridized carbons (Fsp3) is 0.273. The molecule has 29 heavy (non-hydrogen) atoms. The van der Waals surface area contributed by atoms with Gasteiger partial charge in [0, 0.05) is 18.4 Å². The van der Waals surface area contributed by atoms with E-state index in [2.05, 4.69) is 36.1 Å². The largest absolute Gasteiger partial charge is 0.278 e. The lowest BCUT2D eigenvalue weighted by atomic mass is 10.1. The first kappa shape index (κ1) is 19.3. The number of rotatable bonds is 5. The molecule has 7 heteroatoms. The first-order chi connectivity index (χ1) is 14.0. The van der Waals surface area contributed by atoms with Crippen LogP contribution in [0.1, 0.15) is 47.2 Å². The van der Waals surface area contributed by atoms with Crippen LogP contribution in [0.3, 0.4) is 0 Å². The number of fused-ring (bicyclic) bond motifs is 1. The monoisotopic (exact) mass is 405 g/mol. The molecular weight excluding hydrogens is 382 g/mol. The summed E-state index contributed by atoms with van der Waals surface area (Å²) in [5.74, 6) is -0.129. The number of nitrogens with zero attached hydrogens (tertiary/aromatic N) is 5. The summed E-state index contributed by atoms with van der Waals surface area (Å²) in [7, 11) is 0. The fourth-order valence-electron chi connectivity index (χ4n) is 3.24. The molecule has 3 aromatic heterocycles. The second-order valence-electron chi connectivity index (χ2n) is 7.32. The lowest BCUT2D eigenvalue weighted by Crippen LogP contribution is -2.32. The highest BCUT2D eigenvalue weighted by Gasteiger charge is 2.26. The van der Waals surface area contributed by atoms with Gasteiger partial charge in [-0.05, 0) is 63.1 Å². The van der Waals surface area contributed by atoms with Crippen molar-refractivity contribution < 1.29 is 4.79 Å². The number of carbonyl (C=O) groups excluding carboxylic acids is 1. The average Bonchev–Trinajstić information content (AvgIpc) is 3.37. The molecule has 4 aromatic rings. The minimum absolute atomic E-state index is 0.0842. The second-order valence-corrected chi connectivity index (χ2v) is 8.33. The van der Waals surface area contributed by atoms with E-state index in [1.54, 1.807) is 28.0 Å². The molecule has 0 bridgehead atoms. The summed E-state index contributed by atoms with van der Waals surface area (Å²) in [5, 5.41) is 4.99. The summed E-state index contributed by atoms with van der Waals surface area (Å²) in [6.07, 6.45) is 3.40. The third-order valence-corrected chi connectivity index (χ3v) is 6.02. The molecule has 0 spiro atoms. The van der Waals surface area contributed by atoms with Gasteiger partial charge in [-0.3, -0.25) is 19.4 Å². The Morgan fingerprint density at radius 1 is 1.14 bits per heavy atom. The highest BCUT2D eigenvalue weighted by Crippen LogP contribution is 2.33. The van der Waals surface area contributed by atoms with Crippen molar-refractivity contribution in [2.45, 2.75) is 40.3 Å².